The fourth-order valence-corrected chi connectivity index (χ4v) is 4.55. The van der Waals surface area contributed by atoms with Crippen molar-refractivity contribution in [1.29, 1.82) is 0 Å². The number of hydrogen-bond acceptors (Lipinski definition) is 6. The van der Waals surface area contributed by atoms with E-state index in [-0.39, 0.29) is 30.0 Å². The summed E-state index contributed by atoms with van der Waals surface area (Å²) < 4.78 is 5.91. The van der Waals surface area contributed by atoms with E-state index in [1.165, 1.54) is 12.8 Å². The van der Waals surface area contributed by atoms with Gasteiger partial charge in [-0.3, -0.25) is 9.89 Å². The van der Waals surface area contributed by atoms with Crippen molar-refractivity contribution in [2.75, 3.05) is 50.7 Å². The molecule has 0 spiro atoms. The highest BCUT2D eigenvalue weighted by Gasteiger charge is 2.26. The van der Waals surface area contributed by atoms with Gasteiger partial charge in [0.2, 0.25) is 0 Å². The second kappa shape index (κ2) is 9.93. The van der Waals surface area contributed by atoms with Gasteiger partial charge < -0.3 is 20.0 Å². The highest BCUT2D eigenvalue weighted by atomic mass is 127. The molecule has 0 saturated carbocycles. The van der Waals surface area contributed by atoms with Crippen LogP contribution in [0.5, 0.6) is 0 Å². The number of nitrogens with zero attached hydrogens (tertiary/aromatic N) is 5. The lowest BCUT2D eigenvalue weighted by Crippen LogP contribution is -2.51. The molecule has 1 atom stereocenters. The van der Waals surface area contributed by atoms with Crippen molar-refractivity contribution in [3.63, 3.8) is 0 Å². The van der Waals surface area contributed by atoms with Crippen LogP contribution >= 0.6 is 35.3 Å². The van der Waals surface area contributed by atoms with E-state index in [4.69, 9.17) is 15.1 Å². The number of furan rings is 1. The first-order chi connectivity index (χ1) is 13.2. The number of likely N-dealkylation sites (tertiary alicyclic amines) is 1. The van der Waals surface area contributed by atoms with Gasteiger partial charge in [0.15, 0.2) is 11.1 Å². The fraction of sp³-hybridized carbons (Fsp3) is 0.579. The van der Waals surface area contributed by atoms with Gasteiger partial charge >= 0.3 is 0 Å². The van der Waals surface area contributed by atoms with E-state index in [9.17, 15) is 0 Å². The normalized spacial score (nSPS) is 19.7. The largest absolute Gasteiger partial charge is 0.465 e. The third-order valence-corrected chi connectivity index (χ3v) is 6.22. The monoisotopic (exact) mass is 516 g/mol. The molecular formula is C19H29IN6OS. The molecule has 2 aliphatic heterocycles. The minimum atomic E-state index is 0. The lowest BCUT2D eigenvalue weighted by molar-refractivity contribution is 0.218. The fourth-order valence-electron chi connectivity index (χ4n) is 3.85. The molecule has 7 nitrogen and oxygen atoms in total. The highest BCUT2D eigenvalue weighted by Crippen LogP contribution is 2.27. The summed E-state index contributed by atoms with van der Waals surface area (Å²) in [4.78, 5) is 16.1. The Hall–Kier alpha value is -1.33. The first-order valence-electron chi connectivity index (χ1n) is 9.70. The van der Waals surface area contributed by atoms with Gasteiger partial charge in [0.05, 0.1) is 12.6 Å². The van der Waals surface area contributed by atoms with Crippen LogP contribution in [0.25, 0.3) is 0 Å². The molecule has 2 aromatic rings. The summed E-state index contributed by atoms with van der Waals surface area (Å²) in [6, 6.07) is 4.29. The van der Waals surface area contributed by atoms with Crippen LogP contribution in [-0.4, -0.2) is 66.6 Å². The molecule has 0 radical (unpaired) electrons. The standard InChI is InChI=1S/C19H28N6OS.HI/c1-15-4-5-17(26-15)16(23-7-2-3-8-23)14-22-18(20)24-9-11-25(12-10-24)19-21-6-13-27-19;/h4-6,13,16H,2-3,7-12,14H2,1H3,(H2,20,22);1H. The number of anilines is 1. The molecule has 0 aromatic carbocycles. The first-order valence-corrected chi connectivity index (χ1v) is 10.6. The number of hydrogen-bond donors (Lipinski definition) is 1. The van der Waals surface area contributed by atoms with Crippen molar-refractivity contribution in [2.24, 2.45) is 10.7 Å². The second-order valence-corrected chi connectivity index (χ2v) is 8.07. The SMILES string of the molecule is Cc1ccc(C(CN=C(N)N2CCN(c3nccs3)CC2)N2CCCC2)o1.I. The van der Waals surface area contributed by atoms with Crippen molar-refractivity contribution >= 4 is 46.4 Å². The van der Waals surface area contributed by atoms with Gasteiger partial charge in [-0.05, 0) is 45.0 Å². The predicted molar refractivity (Wildman–Crippen MR) is 125 cm³/mol. The number of nitrogens with two attached hydrogens (primary N) is 1. The first kappa shape index (κ1) is 21.4. The predicted octanol–water partition coefficient (Wildman–Crippen LogP) is 2.94. The zero-order valence-electron chi connectivity index (χ0n) is 16.3. The van der Waals surface area contributed by atoms with Crippen molar-refractivity contribution in [1.82, 2.24) is 14.8 Å². The smallest absolute Gasteiger partial charge is 0.191 e. The molecule has 1 unspecified atom stereocenters. The summed E-state index contributed by atoms with van der Waals surface area (Å²) in [7, 11) is 0. The molecular weight excluding hydrogens is 487 g/mol. The van der Waals surface area contributed by atoms with Crippen molar-refractivity contribution < 1.29 is 4.42 Å². The van der Waals surface area contributed by atoms with Crippen LogP contribution in [-0.2, 0) is 0 Å². The molecule has 9 heteroatoms. The number of rotatable bonds is 5. The van der Waals surface area contributed by atoms with Crippen LogP contribution < -0.4 is 10.6 Å². The molecule has 2 saturated heterocycles. The zero-order chi connectivity index (χ0) is 18.6. The van der Waals surface area contributed by atoms with Crippen LogP contribution in [0, 0.1) is 6.92 Å². The molecule has 4 rings (SSSR count). The number of aliphatic imine (C=N–C) groups is 1. The van der Waals surface area contributed by atoms with Crippen molar-refractivity contribution in [3.05, 3.63) is 35.2 Å². The molecule has 0 aliphatic carbocycles. The van der Waals surface area contributed by atoms with Gasteiger partial charge in [-0.1, -0.05) is 0 Å². The Kier molecular flexibility index (Phi) is 7.58. The Labute approximate surface area is 187 Å². The van der Waals surface area contributed by atoms with Crippen LogP contribution in [0.4, 0.5) is 5.13 Å². The third kappa shape index (κ3) is 4.98. The number of aryl methyl sites for hydroxylation is 1. The van der Waals surface area contributed by atoms with E-state index < -0.39 is 0 Å². The number of guanidine groups is 1. The average molecular weight is 516 g/mol. The van der Waals surface area contributed by atoms with Crippen LogP contribution in [0.2, 0.25) is 0 Å². The molecule has 154 valence electrons. The van der Waals surface area contributed by atoms with Gasteiger partial charge in [0.1, 0.15) is 11.5 Å². The summed E-state index contributed by atoms with van der Waals surface area (Å²) in [5.41, 5.74) is 6.34. The van der Waals surface area contributed by atoms with E-state index in [1.807, 2.05) is 24.6 Å². The Morgan fingerprint density at radius 1 is 1.21 bits per heavy atom. The van der Waals surface area contributed by atoms with E-state index >= 15 is 0 Å². The summed E-state index contributed by atoms with van der Waals surface area (Å²) in [6.45, 7) is 8.45. The van der Waals surface area contributed by atoms with Crippen LogP contribution in [0.3, 0.4) is 0 Å². The molecule has 0 amide bonds. The van der Waals surface area contributed by atoms with E-state index in [2.05, 4.69) is 25.8 Å². The van der Waals surface area contributed by atoms with Crippen molar-refractivity contribution in [2.45, 2.75) is 25.8 Å². The van der Waals surface area contributed by atoms with E-state index in [0.29, 0.717) is 12.5 Å². The zero-order valence-corrected chi connectivity index (χ0v) is 19.4. The third-order valence-electron chi connectivity index (χ3n) is 5.39. The molecule has 2 N–H and O–H groups in total. The summed E-state index contributed by atoms with van der Waals surface area (Å²) in [5.74, 6) is 2.59. The molecule has 4 heterocycles. The van der Waals surface area contributed by atoms with Crippen LogP contribution in [0.15, 0.2) is 33.1 Å². The topological polar surface area (TPSA) is 74.1 Å². The van der Waals surface area contributed by atoms with Gasteiger partial charge in [-0.15, -0.1) is 35.3 Å². The van der Waals surface area contributed by atoms with Crippen LogP contribution in [0.1, 0.15) is 30.4 Å². The summed E-state index contributed by atoms with van der Waals surface area (Å²) >= 11 is 1.69. The highest BCUT2D eigenvalue weighted by molar-refractivity contribution is 14.0. The van der Waals surface area contributed by atoms with Gasteiger partial charge in [-0.2, -0.15) is 0 Å². The number of piperazine rings is 1. The minimum absolute atomic E-state index is 0. The lowest BCUT2D eigenvalue weighted by atomic mass is 10.2. The summed E-state index contributed by atoms with van der Waals surface area (Å²) in [5, 5.41) is 3.11. The molecule has 28 heavy (non-hydrogen) atoms. The molecule has 2 aromatic heterocycles. The average Bonchev–Trinajstić information content (AvgIpc) is 3.45. The molecule has 2 fully saturated rings. The number of thiazole rings is 1. The van der Waals surface area contributed by atoms with E-state index in [0.717, 1.165) is 55.9 Å². The van der Waals surface area contributed by atoms with E-state index in [1.54, 1.807) is 11.3 Å². The molecule has 0 bridgehead atoms. The Morgan fingerprint density at radius 2 is 1.96 bits per heavy atom. The van der Waals surface area contributed by atoms with Crippen molar-refractivity contribution in [3.8, 4) is 0 Å². The Balaban J connectivity index is 0.00000225. The maximum absolute atomic E-state index is 6.34. The Morgan fingerprint density at radius 3 is 2.57 bits per heavy atom. The Bertz CT molecular complexity index is 750. The second-order valence-electron chi connectivity index (χ2n) is 7.19. The number of halogens is 1. The quantitative estimate of drug-likeness (QED) is 0.375. The minimum Gasteiger partial charge on any atom is -0.465 e. The number of aromatic nitrogens is 1. The molecule has 2 aliphatic rings. The summed E-state index contributed by atoms with van der Waals surface area (Å²) in [6.07, 6.45) is 4.35. The van der Waals surface area contributed by atoms with Gasteiger partial charge in [0, 0.05) is 37.8 Å². The lowest BCUT2D eigenvalue weighted by Gasteiger charge is -2.35. The van der Waals surface area contributed by atoms with Gasteiger partial charge in [-0.25, -0.2) is 4.98 Å². The van der Waals surface area contributed by atoms with Gasteiger partial charge in [0.25, 0.3) is 0 Å². The maximum Gasteiger partial charge on any atom is 0.191 e. The maximum atomic E-state index is 6.34.